The number of benzene rings is 1. The first-order valence-electron chi connectivity index (χ1n) is 6.60. The fourth-order valence-corrected chi connectivity index (χ4v) is 2.92. The first-order valence-corrected chi connectivity index (χ1v) is 7.77. The van der Waals surface area contributed by atoms with Crippen LogP contribution in [0.5, 0.6) is 0 Å². The van der Waals surface area contributed by atoms with E-state index < -0.39 is 6.10 Å². The van der Waals surface area contributed by atoms with Gasteiger partial charge in [0.25, 0.3) is 0 Å². The lowest BCUT2D eigenvalue weighted by atomic mass is 10.00. The number of aromatic nitrogens is 2. The molecule has 0 bridgehead atoms. The Morgan fingerprint density at radius 3 is 2.75 bits per heavy atom. The summed E-state index contributed by atoms with van der Waals surface area (Å²) in [4.78, 5) is 0. The molecule has 0 aliphatic heterocycles. The van der Waals surface area contributed by atoms with Crippen LogP contribution in [-0.2, 0) is 13.0 Å². The van der Waals surface area contributed by atoms with Crippen molar-refractivity contribution in [3.05, 3.63) is 50.2 Å². The third kappa shape index (κ3) is 3.08. The van der Waals surface area contributed by atoms with Crippen molar-refractivity contribution in [3.63, 3.8) is 0 Å². The lowest BCUT2D eigenvalue weighted by molar-refractivity contribution is 0.174. The molecule has 1 aromatic heterocycles. The van der Waals surface area contributed by atoms with Gasteiger partial charge in [0.1, 0.15) is 0 Å². The van der Waals surface area contributed by atoms with Crippen molar-refractivity contribution in [2.75, 3.05) is 0 Å². The summed E-state index contributed by atoms with van der Waals surface area (Å²) in [7, 11) is 0. The topological polar surface area (TPSA) is 38.0 Å². The Morgan fingerprint density at radius 1 is 1.40 bits per heavy atom. The summed E-state index contributed by atoms with van der Waals surface area (Å²) in [6.07, 6.45) is -0.128. The van der Waals surface area contributed by atoms with Gasteiger partial charge in [0.2, 0.25) is 0 Å². The first-order chi connectivity index (χ1) is 9.43. The van der Waals surface area contributed by atoms with E-state index in [-0.39, 0.29) is 0 Å². The molecule has 5 heteroatoms. The molecule has 0 aliphatic rings. The Kier molecular flexibility index (Phi) is 4.89. The summed E-state index contributed by atoms with van der Waals surface area (Å²) in [6, 6.07) is 5.92. The van der Waals surface area contributed by atoms with Crippen molar-refractivity contribution in [1.82, 2.24) is 9.78 Å². The molecule has 20 heavy (non-hydrogen) atoms. The summed E-state index contributed by atoms with van der Waals surface area (Å²) >= 11 is 9.73. The van der Waals surface area contributed by atoms with E-state index in [1.54, 1.807) is 0 Å². The Bertz CT molecular complexity index is 625. The second-order valence-electron chi connectivity index (χ2n) is 4.88. The predicted molar refractivity (Wildman–Crippen MR) is 85.2 cm³/mol. The van der Waals surface area contributed by atoms with Crippen molar-refractivity contribution < 1.29 is 5.11 Å². The highest BCUT2D eigenvalue weighted by Gasteiger charge is 2.18. The molecule has 0 fully saturated rings. The highest BCUT2D eigenvalue weighted by Crippen LogP contribution is 2.29. The number of aliphatic hydroxyl groups excluding tert-OH is 1. The lowest BCUT2D eigenvalue weighted by Crippen LogP contribution is -2.10. The van der Waals surface area contributed by atoms with Gasteiger partial charge in [-0.15, -0.1) is 0 Å². The van der Waals surface area contributed by atoms with Crippen LogP contribution < -0.4 is 0 Å². The summed E-state index contributed by atoms with van der Waals surface area (Å²) in [5.41, 5.74) is 3.67. The van der Waals surface area contributed by atoms with Crippen molar-refractivity contribution in [1.29, 1.82) is 0 Å². The molecule has 1 unspecified atom stereocenters. The maximum Gasteiger partial charge on any atom is 0.0848 e. The normalized spacial score (nSPS) is 12.7. The summed E-state index contributed by atoms with van der Waals surface area (Å²) < 4.78 is 2.82. The van der Waals surface area contributed by atoms with Crippen LogP contribution in [0, 0.1) is 13.8 Å². The van der Waals surface area contributed by atoms with Crippen LogP contribution in [0.25, 0.3) is 0 Å². The number of halogens is 2. The monoisotopic (exact) mass is 356 g/mol. The van der Waals surface area contributed by atoms with Gasteiger partial charge >= 0.3 is 0 Å². The van der Waals surface area contributed by atoms with Gasteiger partial charge in [-0.2, -0.15) is 5.10 Å². The van der Waals surface area contributed by atoms with Gasteiger partial charge in [0.15, 0.2) is 0 Å². The summed E-state index contributed by atoms with van der Waals surface area (Å²) in [6.45, 7) is 6.64. The summed E-state index contributed by atoms with van der Waals surface area (Å²) in [5.74, 6) is 0. The molecule has 2 rings (SSSR count). The standard InChI is InChI=1S/C15H18BrClN2O/c1-4-19-13(15(17)10(3)18-19)8-14(20)12-7-11(16)6-5-9(12)2/h5-7,14,20H,4,8H2,1-3H3. The number of nitrogens with zero attached hydrogens (tertiary/aromatic N) is 2. The SMILES string of the molecule is CCn1nc(C)c(Cl)c1CC(O)c1cc(Br)ccc1C. The quantitative estimate of drug-likeness (QED) is 0.890. The molecule has 108 valence electrons. The van der Waals surface area contributed by atoms with Crippen LogP contribution in [-0.4, -0.2) is 14.9 Å². The number of rotatable bonds is 4. The van der Waals surface area contributed by atoms with E-state index in [9.17, 15) is 5.11 Å². The second-order valence-corrected chi connectivity index (χ2v) is 6.18. The van der Waals surface area contributed by atoms with Crippen molar-refractivity contribution in [2.45, 2.75) is 39.8 Å². The maximum absolute atomic E-state index is 10.5. The molecular formula is C15H18BrClN2O. The first kappa shape index (κ1) is 15.5. The van der Waals surface area contributed by atoms with Gasteiger partial charge in [0.05, 0.1) is 22.5 Å². The molecular weight excluding hydrogens is 340 g/mol. The third-order valence-electron chi connectivity index (χ3n) is 3.44. The number of hydrogen-bond donors (Lipinski definition) is 1. The highest BCUT2D eigenvalue weighted by atomic mass is 79.9. The average molecular weight is 358 g/mol. The van der Waals surface area contributed by atoms with E-state index in [1.165, 1.54) is 0 Å². The molecule has 1 heterocycles. The predicted octanol–water partition coefficient (Wildman–Crippen LogP) is 4.21. The smallest absolute Gasteiger partial charge is 0.0848 e. The van der Waals surface area contributed by atoms with Crippen LogP contribution in [0.3, 0.4) is 0 Å². The Hall–Kier alpha value is -0.840. The van der Waals surface area contributed by atoms with Crippen molar-refractivity contribution >= 4 is 27.5 Å². The van der Waals surface area contributed by atoms with Crippen LogP contribution >= 0.6 is 27.5 Å². The van der Waals surface area contributed by atoms with Gasteiger partial charge in [-0.05, 0) is 44.0 Å². The maximum atomic E-state index is 10.5. The molecule has 2 aromatic rings. The van der Waals surface area contributed by atoms with E-state index in [4.69, 9.17) is 11.6 Å². The highest BCUT2D eigenvalue weighted by molar-refractivity contribution is 9.10. The molecule has 1 N–H and O–H groups in total. The molecule has 0 radical (unpaired) electrons. The molecule has 0 saturated carbocycles. The number of aliphatic hydroxyl groups is 1. The van der Waals surface area contributed by atoms with E-state index >= 15 is 0 Å². The second kappa shape index (κ2) is 6.29. The molecule has 1 atom stereocenters. The Balaban J connectivity index is 2.32. The fourth-order valence-electron chi connectivity index (χ4n) is 2.33. The number of hydrogen-bond acceptors (Lipinski definition) is 2. The Labute approximate surface area is 132 Å². The van der Waals surface area contributed by atoms with Crippen molar-refractivity contribution in [2.24, 2.45) is 0 Å². The van der Waals surface area contributed by atoms with Crippen molar-refractivity contribution in [3.8, 4) is 0 Å². The van der Waals surface area contributed by atoms with Gasteiger partial charge in [-0.1, -0.05) is 33.6 Å². The molecule has 0 amide bonds. The van der Waals surface area contributed by atoms with E-state index in [2.05, 4.69) is 21.0 Å². The average Bonchev–Trinajstić information content (AvgIpc) is 2.69. The van der Waals surface area contributed by atoms with Gasteiger partial charge in [0, 0.05) is 17.4 Å². The molecule has 1 aromatic carbocycles. The van der Waals surface area contributed by atoms with Crippen LogP contribution in [0.4, 0.5) is 0 Å². The minimum atomic E-state index is -0.591. The Morgan fingerprint density at radius 2 is 2.10 bits per heavy atom. The van der Waals surface area contributed by atoms with E-state index in [1.807, 2.05) is 43.7 Å². The molecule has 3 nitrogen and oxygen atoms in total. The zero-order chi connectivity index (χ0) is 14.9. The largest absolute Gasteiger partial charge is 0.388 e. The zero-order valence-electron chi connectivity index (χ0n) is 11.8. The lowest BCUT2D eigenvalue weighted by Gasteiger charge is -2.15. The number of aryl methyl sites for hydroxylation is 3. The summed E-state index contributed by atoms with van der Waals surface area (Å²) in [5, 5.41) is 15.5. The molecule has 0 spiro atoms. The molecule has 0 saturated heterocycles. The fraction of sp³-hybridized carbons (Fsp3) is 0.400. The van der Waals surface area contributed by atoms with Gasteiger partial charge in [-0.3, -0.25) is 4.68 Å². The van der Waals surface area contributed by atoms with Gasteiger partial charge < -0.3 is 5.11 Å². The minimum absolute atomic E-state index is 0.463. The van der Waals surface area contributed by atoms with Crippen LogP contribution in [0.2, 0.25) is 5.02 Å². The van der Waals surface area contributed by atoms with Crippen LogP contribution in [0.1, 0.15) is 35.5 Å². The minimum Gasteiger partial charge on any atom is -0.388 e. The van der Waals surface area contributed by atoms with Gasteiger partial charge in [-0.25, -0.2) is 0 Å². The zero-order valence-corrected chi connectivity index (χ0v) is 14.2. The van der Waals surface area contributed by atoms with Crippen LogP contribution in [0.15, 0.2) is 22.7 Å². The van der Waals surface area contributed by atoms with E-state index in [0.29, 0.717) is 11.4 Å². The molecule has 0 aliphatic carbocycles. The van der Waals surface area contributed by atoms with E-state index in [0.717, 1.165) is 33.5 Å². The third-order valence-corrected chi connectivity index (χ3v) is 4.42.